The molecule has 72 valence electrons. The van der Waals surface area contributed by atoms with Crippen LogP contribution in [0.4, 0.5) is 5.69 Å². The fourth-order valence-electron chi connectivity index (χ4n) is 1.02. The van der Waals surface area contributed by atoms with Crippen LogP contribution in [0.3, 0.4) is 0 Å². The molecule has 0 radical (unpaired) electrons. The molecule has 6 heteroatoms. The highest BCUT2D eigenvalue weighted by atomic mass is 17.4. The van der Waals surface area contributed by atoms with E-state index in [-0.39, 0.29) is 11.3 Å². The molecule has 0 spiro atoms. The number of nitro benzene ring substituents is 1. The molecule has 0 N–H and O–H groups in total. The van der Waals surface area contributed by atoms with Gasteiger partial charge in [0.25, 0.3) is 12.0 Å². The number of carbonyl (C=O) groups is 1. The molecule has 0 amide bonds. The van der Waals surface area contributed by atoms with E-state index in [1.165, 1.54) is 24.3 Å². The predicted octanol–water partition coefficient (Wildman–Crippen LogP) is 1.07. The Hall–Kier alpha value is -1.79. The first-order valence-electron chi connectivity index (χ1n) is 3.79. The normalized spacial score (nSPS) is 15.1. The quantitative estimate of drug-likeness (QED) is 0.236. The van der Waals surface area contributed by atoms with Crippen molar-refractivity contribution in [3.63, 3.8) is 0 Å². The molecule has 1 saturated heterocycles. The van der Waals surface area contributed by atoms with Crippen molar-refractivity contribution in [1.82, 2.24) is 0 Å². The minimum atomic E-state index is -0.892. The second-order valence-electron chi connectivity index (χ2n) is 2.70. The monoisotopic (exact) mass is 195 g/mol. The molecule has 1 fully saturated rings. The maximum absolute atomic E-state index is 11.3. The third-order valence-electron chi connectivity index (χ3n) is 1.75. The molecule has 1 aliphatic heterocycles. The van der Waals surface area contributed by atoms with Crippen molar-refractivity contribution in [2.45, 2.75) is 6.29 Å². The molecule has 1 heterocycles. The molecule has 0 unspecified atom stereocenters. The fraction of sp³-hybridized carbons (Fsp3) is 0.125. The number of hydrogen-bond donors (Lipinski definition) is 0. The van der Waals surface area contributed by atoms with E-state index in [0.29, 0.717) is 0 Å². The number of benzene rings is 1. The van der Waals surface area contributed by atoms with Gasteiger partial charge in [0, 0.05) is 17.7 Å². The van der Waals surface area contributed by atoms with E-state index < -0.39 is 17.0 Å². The highest BCUT2D eigenvalue weighted by Crippen LogP contribution is 2.21. The Balaban J connectivity index is 2.29. The third kappa shape index (κ3) is 1.61. The number of non-ortho nitro benzene ring substituents is 1. The summed E-state index contributed by atoms with van der Waals surface area (Å²) in [7, 11) is 0. The zero-order valence-corrected chi connectivity index (χ0v) is 6.88. The van der Waals surface area contributed by atoms with Crippen molar-refractivity contribution in [2.24, 2.45) is 0 Å². The van der Waals surface area contributed by atoms with Gasteiger partial charge in [0.05, 0.1) is 4.92 Å². The van der Waals surface area contributed by atoms with Crippen LogP contribution in [-0.2, 0) is 9.78 Å². The van der Waals surface area contributed by atoms with E-state index >= 15 is 0 Å². The molecule has 1 aromatic rings. The van der Waals surface area contributed by atoms with Gasteiger partial charge in [-0.2, -0.15) is 9.78 Å². The smallest absolute Gasteiger partial charge is 0.286 e. The Kier molecular flexibility index (Phi) is 1.99. The van der Waals surface area contributed by atoms with Crippen LogP contribution in [0.1, 0.15) is 10.4 Å². The number of carbonyl (C=O) groups excluding carboxylic acids is 1. The third-order valence-corrected chi connectivity index (χ3v) is 1.75. The Bertz CT molecular complexity index is 398. The van der Waals surface area contributed by atoms with E-state index in [2.05, 4.69) is 9.78 Å². The number of nitro groups is 1. The van der Waals surface area contributed by atoms with Gasteiger partial charge in [-0.15, -0.1) is 0 Å². The van der Waals surface area contributed by atoms with Crippen LogP contribution in [0.25, 0.3) is 0 Å². The summed E-state index contributed by atoms with van der Waals surface area (Å²) in [5.74, 6) is -0.409. The molecule has 6 nitrogen and oxygen atoms in total. The summed E-state index contributed by atoms with van der Waals surface area (Å²) in [6, 6.07) is 5.41. The molecule has 1 aliphatic rings. The van der Waals surface area contributed by atoms with Gasteiger partial charge in [0.15, 0.2) is 0 Å². The Morgan fingerprint density at radius 1 is 1.43 bits per heavy atom. The van der Waals surface area contributed by atoms with Gasteiger partial charge in [-0.3, -0.25) is 14.9 Å². The largest absolute Gasteiger partial charge is 0.288 e. The lowest BCUT2D eigenvalue weighted by molar-refractivity contribution is -0.384. The van der Waals surface area contributed by atoms with E-state index in [4.69, 9.17) is 0 Å². The van der Waals surface area contributed by atoms with Crippen molar-refractivity contribution in [3.05, 3.63) is 39.9 Å². The Morgan fingerprint density at radius 2 is 2.14 bits per heavy atom. The lowest BCUT2D eigenvalue weighted by atomic mass is 10.1. The summed E-state index contributed by atoms with van der Waals surface area (Å²) in [5.41, 5.74) is 0.0817. The van der Waals surface area contributed by atoms with Gasteiger partial charge in [0.1, 0.15) is 0 Å². The number of ketones is 1. The SMILES string of the molecule is O=C(c1cccc([N+](=O)[O-])c1)C1OO1. The van der Waals surface area contributed by atoms with Gasteiger partial charge in [-0.25, -0.2) is 0 Å². The molecule has 0 saturated carbocycles. The zero-order chi connectivity index (χ0) is 10.1. The number of hydrogen-bond acceptors (Lipinski definition) is 5. The molecule has 14 heavy (non-hydrogen) atoms. The van der Waals surface area contributed by atoms with Crippen LogP contribution in [0.5, 0.6) is 0 Å². The molecule has 0 aliphatic carbocycles. The number of Topliss-reactive ketones (excluding diaryl/α,β-unsaturated/α-hetero) is 1. The first kappa shape index (κ1) is 8.79. The first-order chi connectivity index (χ1) is 6.68. The zero-order valence-electron chi connectivity index (χ0n) is 6.88. The van der Waals surface area contributed by atoms with Gasteiger partial charge in [0.2, 0.25) is 5.78 Å². The van der Waals surface area contributed by atoms with E-state index in [1.807, 2.05) is 0 Å². The van der Waals surface area contributed by atoms with Crippen LogP contribution >= 0.6 is 0 Å². The highest BCUT2D eigenvalue weighted by Gasteiger charge is 2.35. The highest BCUT2D eigenvalue weighted by molar-refractivity contribution is 5.99. The molecule has 2 rings (SSSR count). The topological polar surface area (TPSA) is 85.3 Å². The van der Waals surface area contributed by atoms with Crippen LogP contribution in [0.2, 0.25) is 0 Å². The summed E-state index contributed by atoms with van der Waals surface area (Å²) < 4.78 is 0. The summed E-state index contributed by atoms with van der Waals surface area (Å²) in [4.78, 5) is 29.7. The lowest BCUT2D eigenvalue weighted by Gasteiger charge is -1.94. The second-order valence-corrected chi connectivity index (χ2v) is 2.70. The number of nitrogens with zero attached hydrogens (tertiary/aromatic N) is 1. The van der Waals surface area contributed by atoms with E-state index in [1.54, 1.807) is 0 Å². The van der Waals surface area contributed by atoms with E-state index in [9.17, 15) is 14.9 Å². The van der Waals surface area contributed by atoms with Gasteiger partial charge >= 0.3 is 0 Å². The molecule has 1 aromatic carbocycles. The van der Waals surface area contributed by atoms with Crippen molar-refractivity contribution in [2.75, 3.05) is 0 Å². The minimum Gasteiger partial charge on any atom is -0.288 e. The maximum Gasteiger partial charge on any atom is 0.286 e. The molecular formula is C8H5NO5. The maximum atomic E-state index is 11.3. The Morgan fingerprint density at radius 3 is 2.71 bits per heavy atom. The summed E-state index contributed by atoms with van der Waals surface area (Å²) in [6.45, 7) is 0. The molecule has 0 atom stereocenters. The van der Waals surface area contributed by atoms with Crippen LogP contribution in [0, 0.1) is 10.1 Å². The van der Waals surface area contributed by atoms with Crippen molar-refractivity contribution in [3.8, 4) is 0 Å². The first-order valence-corrected chi connectivity index (χ1v) is 3.79. The Labute approximate surface area is 78.1 Å². The average Bonchev–Trinajstić information content (AvgIpc) is 3.00. The van der Waals surface area contributed by atoms with Crippen molar-refractivity contribution in [1.29, 1.82) is 0 Å². The van der Waals surface area contributed by atoms with Gasteiger partial charge in [-0.1, -0.05) is 12.1 Å². The standard InChI is InChI=1S/C8H5NO5/c10-7(8-13-14-8)5-2-1-3-6(4-5)9(11)12/h1-4,8H. The van der Waals surface area contributed by atoms with Crippen LogP contribution < -0.4 is 0 Å². The van der Waals surface area contributed by atoms with E-state index in [0.717, 1.165) is 0 Å². The fourth-order valence-corrected chi connectivity index (χ4v) is 1.02. The van der Waals surface area contributed by atoms with Crippen LogP contribution in [-0.4, -0.2) is 17.0 Å². The van der Waals surface area contributed by atoms with Crippen molar-refractivity contribution < 1.29 is 19.5 Å². The van der Waals surface area contributed by atoms with Gasteiger partial charge in [-0.05, 0) is 0 Å². The predicted molar refractivity (Wildman–Crippen MR) is 43.4 cm³/mol. The molecule has 0 aromatic heterocycles. The number of rotatable bonds is 3. The molecule has 0 bridgehead atoms. The second kappa shape index (κ2) is 3.17. The summed E-state index contributed by atoms with van der Waals surface area (Å²) in [5, 5.41) is 10.4. The van der Waals surface area contributed by atoms with Crippen LogP contribution in [0.15, 0.2) is 24.3 Å². The minimum absolute atomic E-state index is 0.128. The van der Waals surface area contributed by atoms with Gasteiger partial charge < -0.3 is 0 Å². The summed E-state index contributed by atoms with van der Waals surface area (Å²) in [6.07, 6.45) is -0.892. The average molecular weight is 195 g/mol. The summed E-state index contributed by atoms with van der Waals surface area (Å²) >= 11 is 0. The molecular weight excluding hydrogens is 190 g/mol. The van der Waals surface area contributed by atoms with Crippen molar-refractivity contribution >= 4 is 11.5 Å². The lowest BCUT2D eigenvalue weighted by Crippen LogP contribution is -2.06.